The minimum Gasteiger partial charge on any atom is -0.484 e. The van der Waals surface area contributed by atoms with Gasteiger partial charge in [0, 0.05) is 24.8 Å². The highest BCUT2D eigenvalue weighted by molar-refractivity contribution is 5.62. The quantitative estimate of drug-likeness (QED) is 0.391. The lowest BCUT2D eigenvalue weighted by Gasteiger charge is -2.65. The first-order chi connectivity index (χ1) is 16.6. The third kappa shape index (κ3) is 2.89. The van der Waals surface area contributed by atoms with E-state index in [-0.39, 0.29) is 17.1 Å². The summed E-state index contributed by atoms with van der Waals surface area (Å²) in [7, 11) is 0. The molecule has 2 aromatic rings. The fourth-order valence-corrected chi connectivity index (χ4v) is 7.98. The van der Waals surface area contributed by atoms with Crippen molar-refractivity contribution in [3.8, 4) is 5.75 Å². The van der Waals surface area contributed by atoms with Gasteiger partial charge in [-0.2, -0.15) is 0 Å². The summed E-state index contributed by atoms with van der Waals surface area (Å²) in [6.07, 6.45) is 9.34. The highest BCUT2D eigenvalue weighted by Gasteiger charge is 2.72. The van der Waals surface area contributed by atoms with Crippen LogP contribution in [0.25, 0.3) is 0 Å². The van der Waals surface area contributed by atoms with Crippen LogP contribution in [0.2, 0.25) is 0 Å². The number of hydrogen-bond acceptors (Lipinski definition) is 3. The van der Waals surface area contributed by atoms with Gasteiger partial charge in [0.1, 0.15) is 11.9 Å². The van der Waals surface area contributed by atoms with E-state index in [9.17, 15) is 0 Å². The van der Waals surface area contributed by atoms with Crippen molar-refractivity contribution in [2.45, 2.75) is 81.5 Å². The summed E-state index contributed by atoms with van der Waals surface area (Å²) in [5.41, 5.74) is 6.70. The largest absolute Gasteiger partial charge is 0.484 e. The van der Waals surface area contributed by atoms with Crippen LogP contribution in [0.3, 0.4) is 0 Å². The second kappa shape index (κ2) is 7.70. The van der Waals surface area contributed by atoms with E-state index in [1.807, 2.05) is 0 Å². The van der Waals surface area contributed by atoms with Gasteiger partial charge in [-0.1, -0.05) is 49.0 Å². The molecule has 2 unspecified atom stereocenters. The van der Waals surface area contributed by atoms with Gasteiger partial charge >= 0.3 is 0 Å². The van der Waals surface area contributed by atoms with Gasteiger partial charge in [0.15, 0.2) is 0 Å². The summed E-state index contributed by atoms with van der Waals surface area (Å²) >= 11 is 0. The summed E-state index contributed by atoms with van der Waals surface area (Å²) in [5, 5.41) is 0. The first-order valence-electron chi connectivity index (χ1n) is 13.5. The maximum absolute atomic E-state index is 7.27. The van der Waals surface area contributed by atoms with Crippen molar-refractivity contribution in [3.05, 3.63) is 76.9 Å². The van der Waals surface area contributed by atoms with Crippen molar-refractivity contribution in [2.75, 3.05) is 19.7 Å². The van der Waals surface area contributed by atoms with Gasteiger partial charge in [0.25, 0.3) is 0 Å². The van der Waals surface area contributed by atoms with Crippen LogP contribution < -0.4 is 4.74 Å². The van der Waals surface area contributed by atoms with E-state index >= 15 is 0 Å². The Balaban J connectivity index is 1.28. The molecule has 4 atom stereocenters. The fraction of sp³-hybridized carbons (Fsp3) is 0.548. The first-order valence-corrected chi connectivity index (χ1v) is 13.5. The summed E-state index contributed by atoms with van der Waals surface area (Å²) in [6.45, 7) is 9.99. The lowest BCUT2D eigenvalue weighted by atomic mass is 9.48. The third-order valence-electron chi connectivity index (χ3n) is 9.70. The van der Waals surface area contributed by atoms with E-state index in [4.69, 9.17) is 9.47 Å². The van der Waals surface area contributed by atoms with Crippen molar-refractivity contribution in [1.82, 2.24) is 4.90 Å². The number of likely N-dealkylation sites (tertiary alicyclic amines) is 1. The van der Waals surface area contributed by atoms with Crippen molar-refractivity contribution in [3.63, 3.8) is 0 Å². The molecule has 178 valence electrons. The summed E-state index contributed by atoms with van der Waals surface area (Å²) < 4.78 is 14.1. The molecule has 34 heavy (non-hydrogen) atoms. The van der Waals surface area contributed by atoms with Gasteiger partial charge in [-0.25, -0.2) is 0 Å². The molecule has 0 radical (unpaired) electrons. The Kier molecular flexibility index (Phi) is 4.80. The Bertz CT molecular complexity index is 1120. The van der Waals surface area contributed by atoms with Crippen LogP contribution in [0.4, 0.5) is 0 Å². The van der Waals surface area contributed by atoms with Crippen LogP contribution in [0, 0.1) is 12.8 Å². The molecular formula is C31H37NO2. The maximum Gasteiger partial charge on any atom is 0.132 e. The Morgan fingerprint density at radius 2 is 1.97 bits per heavy atom. The minimum absolute atomic E-state index is 0.0658. The summed E-state index contributed by atoms with van der Waals surface area (Å²) in [5.74, 6) is 2.05. The predicted molar refractivity (Wildman–Crippen MR) is 135 cm³/mol. The average Bonchev–Trinajstić information content (AvgIpc) is 3.59. The number of aryl methyl sites for hydroxylation is 2. The van der Waals surface area contributed by atoms with Crippen molar-refractivity contribution >= 4 is 0 Å². The summed E-state index contributed by atoms with van der Waals surface area (Å²) in [6, 6.07) is 16.0. The summed E-state index contributed by atoms with van der Waals surface area (Å²) in [4.78, 5) is 2.83. The second-order valence-corrected chi connectivity index (χ2v) is 11.6. The van der Waals surface area contributed by atoms with Crippen LogP contribution in [0.1, 0.15) is 60.8 Å². The number of benzene rings is 2. The molecule has 3 nitrogen and oxygen atoms in total. The number of ether oxygens (including phenoxy) is 2. The molecule has 3 aliphatic carbocycles. The molecule has 1 spiro atoms. The van der Waals surface area contributed by atoms with Crippen molar-refractivity contribution < 1.29 is 9.47 Å². The lowest BCUT2D eigenvalue weighted by Crippen LogP contribution is -2.76. The number of piperidine rings is 1. The third-order valence-corrected chi connectivity index (χ3v) is 9.70. The molecule has 2 heterocycles. The monoisotopic (exact) mass is 455 g/mol. The van der Waals surface area contributed by atoms with Gasteiger partial charge in [-0.3, -0.25) is 4.90 Å². The lowest BCUT2D eigenvalue weighted by molar-refractivity contribution is -0.207. The van der Waals surface area contributed by atoms with Crippen LogP contribution in [-0.4, -0.2) is 42.3 Å². The zero-order chi connectivity index (χ0) is 22.9. The SMILES string of the molecule is C=C1CCC2(OCCCc3ccccc3)C3Cc4ccc(C)c5c4[C@@]2(CCN3CC2CC2)[C@H]1O5. The maximum atomic E-state index is 7.27. The molecule has 3 fully saturated rings. The average molecular weight is 456 g/mol. The molecule has 7 rings (SSSR count). The van der Waals surface area contributed by atoms with E-state index < -0.39 is 0 Å². The zero-order valence-corrected chi connectivity index (χ0v) is 20.5. The van der Waals surface area contributed by atoms with E-state index in [1.54, 1.807) is 0 Å². The highest BCUT2D eigenvalue weighted by atomic mass is 16.5. The molecule has 3 heteroatoms. The number of rotatable bonds is 7. The molecule has 2 aliphatic heterocycles. The fourth-order valence-electron chi connectivity index (χ4n) is 7.98. The van der Waals surface area contributed by atoms with Crippen LogP contribution in [0.5, 0.6) is 5.75 Å². The topological polar surface area (TPSA) is 21.7 Å². The van der Waals surface area contributed by atoms with Crippen molar-refractivity contribution in [2.24, 2.45) is 5.92 Å². The van der Waals surface area contributed by atoms with Gasteiger partial charge in [0.2, 0.25) is 0 Å². The molecular weight excluding hydrogens is 418 g/mol. The van der Waals surface area contributed by atoms with E-state index in [1.165, 1.54) is 47.2 Å². The van der Waals surface area contributed by atoms with Gasteiger partial charge in [-0.05, 0) is 93.0 Å². The second-order valence-electron chi connectivity index (χ2n) is 11.6. The zero-order valence-electron chi connectivity index (χ0n) is 20.5. The number of nitrogens with zero attached hydrogens (tertiary/aromatic N) is 1. The Morgan fingerprint density at radius 1 is 1.12 bits per heavy atom. The standard InChI is InChI=1S/C31H37NO2/c1-21-10-13-25-19-26-31(33-18-6-9-23-7-4-3-5-8-23)15-14-22(2)29-30(31,27(25)28(21)34-29)16-17-32(26)20-24-11-12-24/h3-5,7-8,10,13,24,26,29H,2,6,9,11-12,14-20H2,1H3/t26?,29-,30-,31?/m0/s1. The molecule has 2 bridgehead atoms. The van der Waals surface area contributed by atoms with E-state index in [0.717, 1.165) is 63.3 Å². The first kappa shape index (κ1) is 21.2. The van der Waals surface area contributed by atoms with Gasteiger partial charge in [0.05, 0.1) is 11.0 Å². The number of hydrogen-bond donors (Lipinski definition) is 0. The molecule has 0 amide bonds. The smallest absolute Gasteiger partial charge is 0.132 e. The molecule has 2 aromatic carbocycles. The van der Waals surface area contributed by atoms with Crippen molar-refractivity contribution in [1.29, 1.82) is 0 Å². The highest BCUT2D eigenvalue weighted by Crippen LogP contribution is 2.66. The van der Waals surface area contributed by atoms with E-state index in [0.29, 0.717) is 6.04 Å². The van der Waals surface area contributed by atoms with Crippen LogP contribution >= 0.6 is 0 Å². The van der Waals surface area contributed by atoms with E-state index in [2.05, 4.69) is 60.9 Å². The minimum atomic E-state index is -0.172. The Morgan fingerprint density at radius 3 is 2.79 bits per heavy atom. The Hall–Kier alpha value is -2.10. The molecule has 2 saturated carbocycles. The van der Waals surface area contributed by atoms with Gasteiger partial charge in [-0.15, -0.1) is 0 Å². The molecule has 0 aromatic heterocycles. The van der Waals surface area contributed by atoms with Gasteiger partial charge < -0.3 is 9.47 Å². The van der Waals surface area contributed by atoms with Crippen LogP contribution in [-0.2, 0) is 23.0 Å². The molecule has 0 N–H and O–H groups in total. The molecule has 5 aliphatic rings. The normalized spacial score (nSPS) is 33.5. The Labute approximate surface area is 204 Å². The predicted octanol–water partition coefficient (Wildman–Crippen LogP) is 5.77. The molecule has 1 saturated heterocycles. The van der Waals surface area contributed by atoms with Crippen LogP contribution in [0.15, 0.2) is 54.6 Å².